The zero-order valence-electron chi connectivity index (χ0n) is 15.2. The number of ether oxygens (including phenoxy) is 1. The molecule has 2 aromatic rings. The van der Waals surface area contributed by atoms with Gasteiger partial charge in [0.2, 0.25) is 0 Å². The van der Waals surface area contributed by atoms with E-state index in [-0.39, 0.29) is 12.0 Å². The molecular weight excluding hydrogens is 385 g/mol. The van der Waals surface area contributed by atoms with Gasteiger partial charge in [-0.05, 0) is 55.6 Å². The summed E-state index contributed by atoms with van der Waals surface area (Å²) in [5, 5.41) is 10.5. The highest BCUT2D eigenvalue weighted by Crippen LogP contribution is 2.39. The molecule has 1 fully saturated rings. The smallest absolute Gasteiger partial charge is 0.307 e. The molecule has 0 aliphatic carbocycles. The lowest BCUT2D eigenvalue weighted by atomic mass is 9.91. The second-order valence-corrected chi connectivity index (χ2v) is 7.51. The lowest BCUT2D eigenvalue weighted by Gasteiger charge is -2.38. The molecule has 1 saturated heterocycles. The molecule has 0 amide bonds. The lowest BCUT2D eigenvalue weighted by Crippen LogP contribution is -2.41. The number of carbonyl (C=O) groups is 1. The monoisotopic (exact) mass is 407 g/mol. The van der Waals surface area contributed by atoms with Crippen molar-refractivity contribution in [1.29, 1.82) is 0 Å². The van der Waals surface area contributed by atoms with E-state index in [0.717, 1.165) is 29.8 Å². The van der Waals surface area contributed by atoms with Gasteiger partial charge in [0.15, 0.2) is 0 Å². The maximum Gasteiger partial charge on any atom is 0.307 e. The van der Waals surface area contributed by atoms with E-state index in [1.54, 1.807) is 6.07 Å². The van der Waals surface area contributed by atoms with E-state index in [1.165, 1.54) is 0 Å². The third kappa shape index (κ3) is 4.57. The molecule has 0 aromatic heterocycles. The van der Waals surface area contributed by atoms with Crippen LogP contribution in [0.1, 0.15) is 36.9 Å². The Kier molecular flexibility index (Phi) is 6.64. The van der Waals surface area contributed by atoms with Gasteiger partial charge < -0.3 is 9.84 Å². The van der Waals surface area contributed by atoms with Gasteiger partial charge in [0.25, 0.3) is 0 Å². The molecule has 1 N–H and O–H groups in total. The number of carboxylic acids is 1. The Labute approximate surface area is 169 Å². The molecule has 144 valence electrons. The van der Waals surface area contributed by atoms with Gasteiger partial charge in [-0.1, -0.05) is 47.5 Å². The van der Waals surface area contributed by atoms with Gasteiger partial charge in [0.1, 0.15) is 5.75 Å². The van der Waals surface area contributed by atoms with E-state index >= 15 is 0 Å². The minimum absolute atomic E-state index is 0.182. The van der Waals surface area contributed by atoms with Gasteiger partial charge in [-0.25, -0.2) is 0 Å². The van der Waals surface area contributed by atoms with Crippen LogP contribution in [-0.4, -0.2) is 35.7 Å². The number of halogens is 2. The fourth-order valence-electron chi connectivity index (χ4n) is 3.70. The summed E-state index contributed by atoms with van der Waals surface area (Å²) in [6.45, 7) is 3.80. The van der Waals surface area contributed by atoms with Crippen molar-refractivity contribution in [2.45, 2.75) is 25.8 Å². The first-order valence-corrected chi connectivity index (χ1v) is 9.90. The average Bonchev–Trinajstić information content (AvgIpc) is 2.66. The number of nitrogens with zero attached hydrogens (tertiary/aromatic N) is 1. The van der Waals surface area contributed by atoms with Gasteiger partial charge in [0, 0.05) is 6.54 Å². The summed E-state index contributed by atoms with van der Waals surface area (Å²) < 4.78 is 5.66. The molecule has 0 saturated carbocycles. The topological polar surface area (TPSA) is 49.8 Å². The number of rotatable bonds is 6. The highest BCUT2D eigenvalue weighted by molar-refractivity contribution is 6.42. The fourth-order valence-corrected chi connectivity index (χ4v) is 4.11. The SMILES string of the molecule is CCOc1cccc(C(c2cccc(Cl)c2Cl)N2CCCC(C(=O)O)C2)c1. The van der Waals surface area contributed by atoms with Gasteiger partial charge in [0.05, 0.1) is 28.6 Å². The molecule has 0 spiro atoms. The predicted octanol–water partition coefficient (Wildman–Crippen LogP) is 5.28. The van der Waals surface area contributed by atoms with Crippen molar-refractivity contribution in [3.8, 4) is 5.75 Å². The van der Waals surface area contributed by atoms with E-state index in [0.29, 0.717) is 29.6 Å². The molecule has 27 heavy (non-hydrogen) atoms. The van der Waals surface area contributed by atoms with E-state index in [9.17, 15) is 9.90 Å². The number of hydrogen-bond acceptors (Lipinski definition) is 3. The molecule has 3 rings (SSSR count). The van der Waals surface area contributed by atoms with Crippen LogP contribution in [0.25, 0.3) is 0 Å². The van der Waals surface area contributed by atoms with Crippen molar-refractivity contribution in [1.82, 2.24) is 4.90 Å². The molecule has 0 bridgehead atoms. The standard InChI is InChI=1S/C21H23Cl2NO3/c1-2-27-16-8-3-6-14(12-16)20(17-9-4-10-18(22)19(17)23)24-11-5-7-15(13-24)21(25)26/h3-4,6,8-10,12,15,20H,2,5,7,11,13H2,1H3,(H,25,26). The summed E-state index contributed by atoms with van der Waals surface area (Å²) in [4.78, 5) is 13.7. The Morgan fingerprint density at radius 3 is 2.81 bits per heavy atom. The third-order valence-electron chi connectivity index (χ3n) is 4.93. The number of carboxylic acid groups (broad SMARTS) is 1. The molecule has 1 heterocycles. The van der Waals surface area contributed by atoms with Crippen molar-refractivity contribution in [3.63, 3.8) is 0 Å². The van der Waals surface area contributed by atoms with Crippen LogP contribution in [0.3, 0.4) is 0 Å². The normalized spacial score (nSPS) is 18.9. The average molecular weight is 408 g/mol. The Morgan fingerprint density at radius 2 is 2.07 bits per heavy atom. The Balaban J connectivity index is 2.05. The number of benzene rings is 2. The van der Waals surface area contributed by atoms with E-state index in [1.807, 2.05) is 43.3 Å². The maximum atomic E-state index is 11.6. The van der Waals surface area contributed by atoms with Crippen molar-refractivity contribution in [2.75, 3.05) is 19.7 Å². The van der Waals surface area contributed by atoms with Crippen LogP contribution in [0.5, 0.6) is 5.75 Å². The molecule has 2 unspecified atom stereocenters. The zero-order valence-corrected chi connectivity index (χ0v) is 16.7. The summed E-state index contributed by atoms with van der Waals surface area (Å²) in [7, 11) is 0. The van der Waals surface area contributed by atoms with Crippen molar-refractivity contribution >= 4 is 29.2 Å². The highest BCUT2D eigenvalue weighted by Gasteiger charge is 2.32. The number of hydrogen-bond donors (Lipinski definition) is 1. The molecule has 1 aliphatic heterocycles. The minimum atomic E-state index is -0.751. The van der Waals surface area contributed by atoms with Crippen LogP contribution < -0.4 is 4.74 Å². The molecule has 1 aliphatic rings. The summed E-state index contributed by atoms with van der Waals surface area (Å²) in [6, 6.07) is 13.3. The largest absolute Gasteiger partial charge is 0.494 e. The van der Waals surface area contributed by atoms with Crippen molar-refractivity contribution in [2.24, 2.45) is 5.92 Å². The molecule has 0 radical (unpaired) electrons. The predicted molar refractivity (Wildman–Crippen MR) is 108 cm³/mol. The van der Waals surface area contributed by atoms with Gasteiger partial charge in [-0.15, -0.1) is 0 Å². The van der Waals surface area contributed by atoms with Crippen LogP contribution in [0.4, 0.5) is 0 Å². The van der Waals surface area contributed by atoms with Crippen LogP contribution in [-0.2, 0) is 4.79 Å². The van der Waals surface area contributed by atoms with Crippen molar-refractivity contribution in [3.05, 3.63) is 63.6 Å². The second-order valence-electron chi connectivity index (χ2n) is 6.72. The van der Waals surface area contributed by atoms with Gasteiger partial charge >= 0.3 is 5.97 Å². The van der Waals surface area contributed by atoms with Crippen LogP contribution in [0.15, 0.2) is 42.5 Å². The number of aliphatic carboxylic acids is 1. The zero-order chi connectivity index (χ0) is 19.4. The summed E-state index contributed by atoms with van der Waals surface area (Å²) in [6.07, 6.45) is 1.53. The molecule has 2 aromatic carbocycles. The lowest BCUT2D eigenvalue weighted by molar-refractivity contribution is -0.143. The molecule has 2 atom stereocenters. The van der Waals surface area contributed by atoms with Gasteiger partial charge in [-0.2, -0.15) is 0 Å². The summed E-state index contributed by atoms with van der Waals surface area (Å²) in [5.74, 6) is -0.349. The van der Waals surface area contributed by atoms with E-state index in [2.05, 4.69) is 4.90 Å². The number of piperidine rings is 1. The molecule has 4 nitrogen and oxygen atoms in total. The first-order chi connectivity index (χ1) is 13.0. The highest BCUT2D eigenvalue weighted by atomic mass is 35.5. The van der Waals surface area contributed by atoms with Crippen molar-refractivity contribution < 1.29 is 14.6 Å². The van der Waals surface area contributed by atoms with E-state index in [4.69, 9.17) is 27.9 Å². The molecule has 6 heteroatoms. The van der Waals surface area contributed by atoms with E-state index < -0.39 is 5.97 Å². The quantitative estimate of drug-likeness (QED) is 0.707. The summed E-state index contributed by atoms with van der Waals surface area (Å²) >= 11 is 12.8. The third-order valence-corrected chi connectivity index (χ3v) is 5.76. The maximum absolute atomic E-state index is 11.6. The molecular formula is C21H23Cl2NO3. The Morgan fingerprint density at radius 1 is 1.30 bits per heavy atom. The Bertz CT molecular complexity index is 812. The number of likely N-dealkylation sites (tertiary alicyclic amines) is 1. The Hall–Kier alpha value is -1.75. The first kappa shape index (κ1) is 20.0. The van der Waals surface area contributed by atoms with Crippen LogP contribution >= 0.6 is 23.2 Å². The minimum Gasteiger partial charge on any atom is -0.494 e. The van der Waals surface area contributed by atoms with Crippen LogP contribution in [0.2, 0.25) is 10.0 Å². The van der Waals surface area contributed by atoms with Gasteiger partial charge in [-0.3, -0.25) is 9.69 Å². The van der Waals surface area contributed by atoms with Crippen LogP contribution in [0, 0.1) is 5.92 Å². The fraction of sp³-hybridized carbons (Fsp3) is 0.381. The summed E-state index contributed by atoms with van der Waals surface area (Å²) in [5.41, 5.74) is 1.89. The second kappa shape index (κ2) is 8.96. The first-order valence-electron chi connectivity index (χ1n) is 9.14.